The monoisotopic (exact) mass is 284 g/mol. The number of carbonyl (C=O) groups is 1. The summed E-state index contributed by atoms with van der Waals surface area (Å²) in [6.07, 6.45) is 1.95. The first-order chi connectivity index (χ1) is 10.1. The number of hydrogen-bond acceptors (Lipinski definition) is 2. The molecule has 0 bridgehead atoms. The van der Waals surface area contributed by atoms with Gasteiger partial charge in [0.25, 0.3) is 0 Å². The second kappa shape index (κ2) is 5.56. The van der Waals surface area contributed by atoms with Crippen LogP contribution in [0.5, 0.6) is 0 Å². The van der Waals surface area contributed by atoms with Crippen LogP contribution in [0.1, 0.15) is 30.5 Å². The van der Waals surface area contributed by atoms with E-state index in [0.717, 1.165) is 12.8 Å². The van der Waals surface area contributed by atoms with E-state index in [1.165, 1.54) is 24.1 Å². The van der Waals surface area contributed by atoms with Crippen LogP contribution in [-0.4, -0.2) is 5.91 Å². The smallest absolute Gasteiger partial charge is 0.221 e. The Morgan fingerprint density at radius 2 is 2.05 bits per heavy atom. The zero-order valence-corrected chi connectivity index (χ0v) is 11.8. The van der Waals surface area contributed by atoms with Gasteiger partial charge in [-0.3, -0.25) is 4.79 Å². The van der Waals surface area contributed by atoms with Crippen LogP contribution in [-0.2, 0) is 11.2 Å². The van der Waals surface area contributed by atoms with Crippen molar-refractivity contribution in [1.82, 2.24) is 0 Å². The van der Waals surface area contributed by atoms with Gasteiger partial charge in [-0.05, 0) is 42.2 Å². The Kier molecular flexibility index (Phi) is 3.60. The highest BCUT2D eigenvalue weighted by atomic mass is 19.1. The lowest BCUT2D eigenvalue weighted by Gasteiger charge is -2.17. The molecule has 2 aromatic carbocycles. The maximum atomic E-state index is 14.0. The molecule has 0 aliphatic heterocycles. The van der Waals surface area contributed by atoms with E-state index < -0.39 is 0 Å². The first-order valence-corrected chi connectivity index (χ1v) is 7.05. The predicted octanol–water partition coefficient (Wildman–Crippen LogP) is 3.88. The van der Waals surface area contributed by atoms with Crippen LogP contribution in [0.4, 0.5) is 15.8 Å². The van der Waals surface area contributed by atoms with Gasteiger partial charge in [-0.2, -0.15) is 0 Å². The molecule has 3 nitrogen and oxygen atoms in total. The van der Waals surface area contributed by atoms with Crippen molar-refractivity contribution < 1.29 is 9.18 Å². The van der Waals surface area contributed by atoms with Gasteiger partial charge in [-0.25, -0.2) is 4.39 Å². The second-order valence-electron chi connectivity index (χ2n) is 5.31. The molecule has 2 N–H and O–H groups in total. The number of aryl methyl sites for hydroxylation is 1. The molecule has 4 heteroatoms. The Morgan fingerprint density at radius 1 is 1.24 bits per heavy atom. The molecule has 0 saturated heterocycles. The molecule has 0 heterocycles. The lowest BCUT2D eigenvalue weighted by atomic mass is 10.1. The third-order valence-corrected chi connectivity index (χ3v) is 3.75. The van der Waals surface area contributed by atoms with Crippen molar-refractivity contribution in [2.75, 3.05) is 10.6 Å². The van der Waals surface area contributed by atoms with E-state index in [1.807, 2.05) is 12.1 Å². The summed E-state index contributed by atoms with van der Waals surface area (Å²) in [6, 6.07) is 12.9. The van der Waals surface area contributed by atoms with Gasteiger partial charge in [0.05, 0.1) is 11.7 Å². The van der Waals surface area contributed by atoms with Crippen molar-refractivity contribution in [2.45, 2.75) is 25.8 Å². The number of fused-ring (bicyclic) bond motifs is 1. The Labute approximate surface area is 123 Å². The highest BCUT2D eigenvalue weighted by molar-refractivity contribution is 5.89. The molecule has 1 aliphatic carbocycles. The number of amides is 1. The minimum atomic E-state index is -0.312. The summed E-state index contributed by atoms with van der Waals surface area (Å²) in [4.78, 5) is 11.1. The van der Waals surface area contributed by atoms with E-state index in [-0.39, 0.29) is 17.8 Å². The molecular formula is C17H17FN2O. The highest BCUT2D eigenvalue weighted by Gasteiger charge is 2.22. The zero-order valence-electron chi connectivity index (χ0n) is 11.8. The molecule has 0 aromatic heterocycles. The number of halogens is 1. The van der Waals surface area contributed by atoms with E-state index in [4.69, 9.17) is 0 Å². The lowest BCUT2D eigenvalue weighted by molar-refractivity contribution is -0.114. The molecule has 3 rings (SSSR count). The van der Waals surface area contributed by atoms with E-state index in [0.29, 0.717) is 11.4 Å². The fraction of sp³-hybridized carbons (Fsp3) is 0.235. The number of anilines is 2. The fourth-order valence-corrected chi connectivity index (χ4v) is 2.81. The molecule has 0 spiro atoms. The molecule has 1 unspecified atom stereocenters. The van der Waals surface area contributed by atoms with Crippen molar-refractivity contribution in [3.05, 3.63) is 59.4 Å². The van der Waals surface area contributed by atoms with Crippen molar-refractivity contribution >= 4 is 17.3 Å². The van der Waals surface area contributed by atoms with Gasteiger partial charge >= 0.3 is 0 Å². The maximum absolute atomic E-state index is 14.0. The van der Waals surface area contributed by atoms with Gasteiger partial charge in [-0.1, -0.05) is 24.3 Å². The Balaban J connectivity index is 1.84. The van der Waals surface area contributed by atoms with Gasteiger partial charge in [0.1, 0.15) is 5.82 Å². The van der Waals surface area contributed by atoms with Crippen LogP contribution >= 0.6 is 0 Å². The molecular weight excluding hydrogens is 267 g/mol. The molecule has 1 atom stereocenters. The van der Waals surface area contributed by atoms with Crippen LogP contribution in [0.15, 0.2) is 42.5 Å². The second-order valence-corrected chi connectivity index (χ2v) is 5.31. The third kappa shape index (κ3) is 2.89. The van der Waals surface area contributed by atoms with Crippen LogP contribution in [0.25, 0.3) is 0 Å². The largest absolute Gasteiger partial charge is 0.376 e. The summed E-state index contributed by atoms with van der Waals surface area (Å²) < 4.78 is 14.0. The first kappa shape index (κ1) is 13.6. The molecule has 0 fully saturated rings. The molecule has 21 heavy (non-hydrogen) atoms. The van der Waals surface area contributed by atoms with Gasteiger partial charge < -0.3 is 10.6 Å². The average molecular weight is 284 g/mol. The van der Waals surface area contributed by atoms with Crippen molar-refractivity contribution in [2.24, 2.45) is 0 Å². The Bertz CT molecular complexity index is 684. The van der Waals surface area contributed by atoms with E-state index in [2.05, 4.69) is 22.8 Å². The average Bonchev–Trinajstić information content (AvgIpc) is 2.85. The summed E-state index contributed by atoms with van der Waals surface area (Å²) in [5.74, 6) is -0.479. The van der Waals surface area contributed by atoms with Gasteiger partial charge in [0, 0.05) is 12.6 Å². The normalized spacial score (nSPS) is 16.4. The van der Waals surface area contributed by atoms with Gasteiger partial charge in [-0.15, -0.1) is 0 Å². The van der Waals surface area contributed by atoms with Crippen LogP contribution in [0, 0.1) is 5.82 Å². The van der Waals surface area contributed by atoms with Crippen molar-refractivity contribution in [1.29, 1.82) is 0 Å². The van der Waals surface area contributed by atoms with Crippen molar-refractivity contribution in [3.63, 3.8) is 0 Å². The summed E-state index contributed by atoms with van der Waals surface area (Å²) in [7, 11) is 0. The SMILES string of the molecule is CC(=O)Nc1ccc(F)c(NC2CCc3ccccc32)c1. The quantitative estimate of drug-likeness (QED) is 0.898. The topological polar surface area (TPSA) is 41.1 Å². The first-order valence-electron chi connectivity index (χ1n) is 7.05. The highest BCUT2D eigenvalue weighted by Crippen LogP contribution is 2.34. The fourth-order valence-electron chi connectivity index (χ4n) is 2.81. The zero-order chi connectivity index (χ0) is 14.8. The Morgan fingerprint density at radius 3 is 2.86 bits per heavy atom. The van der Waals surface area contributed by atoms with E-state index in [1.54, 1.807) is 12.1 Å². The molecule has 0 radical (unpaired) electrons. The standard InChI is InChI=1S/C17H17FN2O/c1-11(21)19-13-7-8-15(18)17(10-13)20-16-9-6-12-4-2-3-5-14(12)16/h2-5,7-8,10,16,20H,6,9H2,1H3,(H,19,21). The number of carbonyl (C=O) groups excluding carboxylic acids is 1. The molecule has 2 aromatic rings. The Hall–Kier alpha value is -2.36. The van der Waals surface area contributed by atoms with E-state index in [9.17, 15) is 9.18 Å². The minimum Gasteiger partial charge on any atom is -0.376 e. The summed E-state index contributed by atoms with van der Waals surface area (Å²) in [6.45, 7) is 1.43. The lowest BCUT2D eigenvalue weighted by Crippen LogP contribution is -2.10. The maximum Gasteiger partial charge on any atom is 0.221 e. The van der Waals surface area contributed by atoms with E-state index >= 15 is 0 Å². The van der Waals surface area contributed by atoms with Crippen LogP contribution < -0.4 is 10.6 Å². The number of hydrogen-bond donors (Lipinski definition) is 2. The number of benzene rings is 2. The molecule has 1 aliphatic rings. The number of nitrogens with one attached hydrogen (secondary N) is 2. The van der Waals surface area contributed by atoms with Crippen molar-refractivity contribution in [3.8, 4) is 0 Å². The molecule has 108 valence electrons. The third-order valence-electron chi connectivity index (χ3n) is 3.75. The summed E-state index contributed by atoms with van der Waals surface area (Å²) in [5, 5.41) is 5.92. The minimum absolute atomic E-state index is 0.114. The predicted molar refractivity (Wildman–Crippen MR) is 81.8 cm³/mol. The molecule has 0 saturated carbocycles. The summed E-state index contributed by atoms with van der Waals surface area (Å²) >= 11 is 0. The molecule has 1 amide bonds. The van der Waals surface area contributed by atoms with Crippen LogP contribution in [0.2, 0.25) is 0 Å². The summed E-state index contributed by atoms with van der Waals surface area (Å²) in [5.41, 5.74) is 3.55. The number of rotatable bonds is 3. The van der Waals surface area contributed by atoms with Crippen LogP contribution in [0.3, 0.4) is 0 Å². The van der Waals surface area contributed by atoms with Gasteiger partial charge in [0.2, 0.25) is 5.91 Å². The van der Waals surface area contributed by atoms with Gasteiger partial charge in [0.15, 0.2) is 0 Å².